The van der Waals surface area contributed by atoms with Gasteiger partial charge in [0.25, 0.3) is 5.91 Å². The molecule has 7 heteroatoms. The quantitative estimate of drug-likeness (QED) is 0.686. The number of aryl methyl sites for hydroxylation is 2. The van der Waals surface area contributed by atoms with E-state index in [9.17, 15) is 4.79 Å². The van der Waals surface area contributed by atoms with Gasteiger partial charge in [0.2, 0.25) is 0 Å². The zero-order valence-corrected chi connectivity index (χ0v) is 16.2. The Hall–Kier alpha value is -2.93. The average molecular weight is 379 g/mol. The number of carbonyl (C=O) groups excluding carboxylic acids is 1. The number of furan rings is 1. The third-order valence-corrected chi connectivity index (χ3v) is 5.23. The zero-order valence-electron chi connectivity index (χ0n) is 16.2. The molecule has 3 aromatic heterocycles. The molecule has 4 rings (SSSR count). The second kappa shape index (κ2) is 7.98. The van der Waals surface area contributed by atoms with E-state index in [0.29, 0.717) is 24.8 Å². The number of aromatic nitrogens is 3. The number of fused-ring (bicyclic) bond motifs is 1. The van der Waals surface area contributed by atoms with Gasteiger partial charge in [-0.1, -0.05) is 0 Å². The first-order valence-corrected chi connectivity index (χ1v) is 9.60. The Morgan fingerprint density at radius 3 is 2.82 bits per heavy atom. The van der Waals surface area contributed by atoms with Crippen molar-refractivity contribution in [2.75, 3.05) is 0 Å². The van der Waals surface area contributed by atoms with E-state index in [2.05, 4.69) is 20.7 Å². The molecule has 1 amide bonds. The van der Waals surface area contributed by atoms with E-state index in [0.717, 1.165) is 47.6 Å². The fourth-order valence-electron chi connectivity index (χ4n) is 3.74. The molecule has 1 atom stereocenters. The molecule has 7 nitrogen and oxygen atoms in total. The largest absolute Gasteiger partial charge is 0.465 e. The van der Waals surface area contributed by atoms with Gasteiger partial charge in [0.15, 0.2) is 5.69 Å². The third kappa shape index (κ3) is 3.99. The van der Waals surface area contributed by atoms with Crippen molar-refractivity contribution < 1.29 is 9.21 Å². The van der Waals surface area contributed by atoms with Crippen LogP contribution in [0.5, 0.6) is 0 Å². The molecule has 0 saturated carbocycles. The first-order chi connectivity index (χ1) is 13.6. The van der Waals surface area contributed by atoms with E-state index in [1.54, 1.807) is 12.4 Å². The predicted molar refractivity (Wildman–Crippen MR) is 105 cm³/mol. The third-order valence-electron chi connectivity index (χ3n) is 5.23. The van der Waals surface area contributed by atoms with Crippen molar-refractivity contribution in [3.05, 3.63) is 70.7 Å². The molecule has 1 aliphatic rings. The van der Waals surface area contributed by atoms with Crippen LogP contribution in [0.2, 0.25) is 0 Å². The normalized spacial score (nSPS) is 16.0. The highest BCUT2D eigenvalue weighted by Gasteiger charge is 2.28. The molecule has 1 aliphatic carbocycles. The average Bonchev–Trinajstić information content (AvgIpc) is 3.28. The Balaban J connectivity index is 1.42. The lowest BCUT2D eigenvalue weighted by Crippen LogP contribution is -2.35. The van der Waals surface area contributed by atoms with Crippen LogP contribution in [-0.2, 0) is 33.0 Å². The smallest absolute Gasteiger partial charge is 0.272 e. The molecule has 0 fully saturated rings. The van der Waals surface area contributed by atoms with Gasteiger partial charge in [-0.05, 0) is 56.0 Å². The van der Waals surface area contributed by atoms with E-state index in [-0.39, 0.29) is 5.91 Å². The number of rotatable bonds is 6. The molecule has 3 aromatic rings. The molecule has 0 bridgehead atoms. The van der Waals surface area contributed by atoms with E-state index in [4.69, 9.17) is 4.42 Å². The fraction of sp³-hybridized carbons (Fsp3) is 0.381. The first-order valence-electron chi connectivity index (χ1n) is 9.60. The van der Waals surface area contributed by atoms with Gasteiger partial charge < -0.3 is 15.1 Å². The highest BCUT2D eigenvalue weighted by atomic mass is 16.3. The molecule has 0 spiro atoms. The topological polar surface area (TPSA) is 85.0 Å². The summed E-state index contributed by atoms with van der Waals surface area (Å²) in [7, 11) is 1.91. The molecule has 146 valence electrons. The second-order valence-corrected chi connectivity index (χ2v) is 7.27. The minimum Gasteiger partial charge on any atom is -0.465 e. The number of pyridine rings is 1. The van der Waals surface area contributed by atoms with Crippen LogP contribution in [0.25, 0.3) is 0 Å². The lowest BCUT2D eigenvalue weighted by Gasteiger charge is -2.24. The van der Waals surface area contributed by atoms with Crippen molar-refractivity contribution >= 4 is 5.91 Å². The van der Waals surface area contributed by atoms with Gasteiger partial charge in [0, 0.05) is 43.3 Å². The van der Waals surface area contributed by atoms with E-state index >= 15 is 0 Å². The highest BCUT2D eigenvalue weighted by molar-refractivity contribution is 5.94. The monoisotopic (exact) mass is 379 g/mol. The van der Waals surface area contributed by atoms with Crippen LogP contribution in [0.4, 0.5) is 0 Å². The summed E-state index contributed by atoms with van der Waals surface area (Å²) in [6, 6.07) is 8.06. The predicted octanol–water partition coefficient (Wildman–Crippen LogP) is 2.29. The summed E-state index contributed by atoms with van der Waals surface area (Å²) in [5.74, 6) is 1.73. The molecule has 0 radical (unpaired) electrons. The minimum absolute atomic E-state index is 0.129. The Morgan fingerprint density at radius 1 is 1.25 bits per heavy atom. The van der Waals surface area contributed by atoms with Gasteiger partial charge in [0.05, 0.1) is 6.54 Å². The number of amides is 1. The number of nitrogens with one attached hydrogen (secondary N) is 2. The van der Waals surface area contributed by atoms with Crippen molar-refractivity contribution in [2.45, 2.75) is 45.3 Å². The highest BCUT2D eigenvalue weighted by Crippen LogP contribution is 2.25. The van der Waals surface area contributed by atoms with Gasteiger partial charge in [0.1, 0.15) is 11.5 Å². The summed E-state index contributed by atoms with van der Waals surface area (Å²) in [6.07, 6.45) is 6.16. The molecule has 0 aliphatic heterocycles. The lowest BCUT2D eigenvalue weighted by molar-refractivity contribution is 0.0944. The minimum atomic E-state index is -0.129. The van der Waals surface area contributed by atoms with Gasteiger partial charge in [-0.3, -0.25) is 14.5 Å². The van der Waals surface area contributed by atoms with Crippen LogP contribution >= 0.6 is 0 Å². The van der Waals surface area contributed by atoms with Crippen LogP contribution in [0.15, 0.2) is 41.1 Å². The summed E-state index contributed by atoms with van der Waals surface area (Å²) in [6.45, 7) is 3.10. The molecular formula is C21H25N5O2. The zero-order chi connectivity index (χ0) is 19.5. The maximum atomic E-state index is 12.8. The number of nitrogens with zero attached hydrogens (tertiary/aromatic N) is 3. The lowest BCUT2D eigenvalue weighted by atomic mass is 9.91. The van der Waals surface area contributed by atoms with Gasteiger partial charge in [-0.15, -0.1) is 0 Å². The summed E-state index contributed by atoms with van der Waals surface area (Å²) in [4.78, 5) is 16.8. The molecule has 3 heterocycles. The van der Waals surface area contributed by atoms with Crippen LogP contribution < -0.4 is 10.6 Å². The van der Waals surface area contributed by atoms with Gasteiger partial charge >= 0.3 is 0 Å². The van der Waals surface area contributed by atoms with Gasteiger partial charge in [-0.2, -0.15) is 5.10 Å². The maximum Gasteiger partial charge on any atom is 0.272 e. The van der Waals surface area contributed by atoms with Crippen LogP contribution in [0.3, 0.4) is 0 Å². The van der Waals surface area contributed by atoms with Crippen LogP contribution in [0, 0.1) is 6.92 Å². The van der Waals surface area contributed by atoms with Crippen LogP contribution in [0.1, 0.15) is 45.3 Å². The molecule has 1 unspecified atom stereocenters. The van der Waals surface area contributed by atoms with Crippen molar-refractivity contribution in [3.8, 4) is 0 Å². The van der Waals surface area contributed by atoms with E-state index in [1.165, 1.54) is 0 Å². The SMILES string of the molecule is Cc1ccc(CNC2CCc3c(c(C(=O)NCc4ccncc4)nn3C)C2)o1. The molecule has 28 heavy (non-hydrogen) atoms. The second-order valence-electron chi connectivity index (χ2n) is 7.27. The van der Waals surface area contributed by atoms with E-state index in [1.807, 2.05) is 42.9 Å². The van der Waals surface area contributed by atoms with Crippen LogP contribution in [-0.4, -0.2) is 26.7 Å². The summed E-state index contributed by atoms with van der Waals surface area (Å²) >= 11 is 0. The Labute approximate surface area is 164 Å². The summed E-state index contributed by atoms with van der Waals surface area (Å²) in [5.41, 5.74) is 3.75. The molecule has 2 N–H and O–H groups in total. The van der Waals surface area contributed by atoms with Crippen molar-refractivity contribution in [3.63, 3.8) is 0 Å². The number of hydrogen-bond donors (Lipinski definition) is 2. The standard InChI is InChI=1S/C21H25N5O2/c1-14-3-5-17(28-14)13-23-16-4-6-19-18(11-16)20(25-26(19)2)21(27)24-12-15-7-9-22-10-8-15/h3,5,7-10,16,23H,4,6,11-13H2,1-2H3,(H,24,27). The summed E-state index contributed by atoms with van der Waals surface area (Å²) < 4.78 is 7.49. The molecule has 0 aromatic carbocycles. The Morgan fingerprint density at radius 2 is 2.07 bits per heavy atom. The van der Waals surface area contributed by atoms with E-state index < -0.39 is 0 Å². The van der Waals surface area contributed by atoms with Crippen molar-refractivity contribution in [1.29, 1.82) is 0 Å². The Kier molecular flexibility index (Phi) is 5.25. The fourth-order valence-corrected chi connectivity index (χ4v) is 3.74. The van der Waals surface area contributed by atoms with Gasteiger partial charge in [-0.25, -0.2) is 0 Å². The molecular weight excluding hydrogens is 354 g/mol. The number of carbonyl (C=O) groups is 1. The summed E-state index contributed by atoms with van der Waals surface area (Å²) in [5, 5.41) is 11.0. The van der Waals surface area contributed by atoms with Crippen molar-refractivity contribution in [1.82, 2.24) is 25.4 Å². The number of hydrogen-bond acceptors (Lipinski definition) is 5. The Bertz CT molecular complexity index is 961. The molecule has 0 saturated heterocycles. The van der Waals surface area contributed by atoms with Crippen molar-refractivity contribution in [2.24, 2.45) is 7.05 Å². The maximum absolute atomic E-state index is 12.8. The first kappa shape index (κ1) is 18.4.